The number of thiophene rings is 1. The van der Waals surface area contributed by atoms with Crippen molar-refractivity contribution >= 4 is 23.2 Å². The van der Waals surface area contributed by atoms with Crippen molar-refractivity contribution in [2.75, 3.05) is 7.11 Å². The predicted octanol–water partition coefficient (Wildman–Crippen LogP) is 5.18. The lowest BCUT2D eigenvalue weighted by Crippen LogP contribution is -2.46. The number of amides is 2. The highest BCUT2D eigenvalue weighted by molar-refractivity contribution is 7.09. The maximum absolute atomic E-state index is 13.7. The molecule has 0 radical (unpaired) electrons. The van der Waals surface area contributed by atoms with Crippen LogP contribution in [0.5, 0.6) is 5.75 Å². The van der Waals surface area contributed by atoms with Crippen LogP contribution >= 0.6 is 11.3 Å². The third-order valence-electron chi connectivity index (χ3n) is 5.82. The Balaban J connectivity index is 1.72. The zero-order valence-corrected chi connectivity index (χ0v) is 19.0. The molecule has 168 valence electrons. The first-order chi connectivity index (χ1) is 15.7. The molecule has 2 heterocycles. The lowest BCUT2D eigenvalue weighted by Gasteiger charge is -2.33. The minimum absolute atomic E-state index is 0.131. The van der Waals surface area contributed by atoms with Crippen molar-refractivity contribution in [2.45, 2.75) is 50.7 Å². The molecule has 1 aliphatic carbocycles. The number of furan rings is 1. The van der Waals surface area contributed by atoms with E-state index in [0.717, 1.165) is 30.6 Å². The Hall–Kier alpha value is -3.06. The minimum atomic E-state index is -0.813. The van der Waals surface area contributed by atoms with Gasteiger partial charge < -0.3 is 19.4 Å². The van der Waals surface area contributed by atoms with Gasteiger partial charge in [0.05, 0.1) is 19.9 Å². The van der Waals surface area contributed by atoms with Crippen molar-refractivity contribution in [3.05, 3.63) is 76.4 Å². The number of rotatable bonds is 8. The molecular weight excluding hydrogens is 424 g/mol. The van der Waals surface area contributed by atoms with Crippen LogP contribution in [0.2, 0.25) is 0 Å². The number of benzene rings is 1. The molecule has 2 aromatic heterocycles. The molecule has 1 aliphatic rings. The summed E-state index contributed by atoms with van der Waals surface area (Å²) in [5.74, 6) is 0.344. The number of ether oxygens (including phenoxy) is 1. The highest BCUT2D eigenvalue weighted by Gasteiger charge is 2.35. The zero-order chi connectivity index (χ0) is 22.3. The number of hydrogen-bond acceptors (Lipinski definition) is 5. The standard InChI is InChI=1S/C25H28N2O4S/c1-30-20-11-5-8-18(16-20)23(24(28)26-19-9-3-2-4-10-19)27(17-21-12-7-15-32-21)25(29)22-13-6-14-31-22/h5-8,11-16,19,23H,2-4,9-10,17H2,1H3,(H,26,28)/t23-/m0/s1. The number of nitrogens with zero attached hydrogens (tertiary/aromatic N) is 1. The molecule has 1 N–H and O–H groups in total. The van der Waals surface area contributed by atoms with Crippen molar-refractivity contribution in [1.29, 1.82) is 0 Å². The maximum atomic E-state index is 13.7. The summed E-state index contributed by atoms with van der Waals surface area (Å²) >= 11 is 1.55. The smallest absolute Gasteiger partial charge is 0.290 e. The summed E-state index contributed by atoms with van der Waals surface area (Å²) in [5, 5.41) is 5.18. The summed E-state index contributed by atoms with van der Waals surface area (Å²) in [4.78, 5) is 29.8. The normalized spacial score (nSPS) is 15.2. The van der Waals surface area contributed by atoms with Gasteiger partial charge in [-0.05, 0) is 54.1 Å². The number of methoxy groups -OCH3 is 1. The van der Waals surface area contributed by atoms with E-state index in [-0.39, 0.29) is 23.6 Å². The van der Waals surface area contributed by atoms with Gasteiger partial charge in [0.1, 0.15) is 11.8 Å². The van der Waals surface area contributed by atoms with E-state index in [1.807, 2.05) is 41.8 Å². The molecule has 0 bridgehead atoms. The van der Waals surface area contributed by atoms with Crippen LogP contribution in [0.15, 0.2) is 64.6 Å². The third kappa shape index (κ3) is 5.22. The Morgan fingerprint density at radius 2 is 2.00 bits per heavy atom. The van der Waals surface area contributed by atoms with Crippen molar-refractivity contribution < 1.29 is 18.7 Å². The summed E-state index contributed by atoms with van der Waals surface area (Å²) in [6.07, 6.45) is 6.83. The number of carbonyl (C=O) groups excluding carboxylic acids is 2. The Bertz CT molecular complexity index is 1010. The van der Waals surface area contributed by atoms with Crippen LogP contribution in [0.1, 0.15) is 59.1 Å². The van der Waals surface area contributed by atoms with Crippen LogP contribution in [0, 0.1) is 0 Å². The van der Waals surface area contributed by atoms with E-state index in [9.17, 15) is 9.59 Å². The summed E-state index contributed by atoms with van der Waals surface area (Å²) in [6.45, 7) is 0.303. The van der Waals surface area contributed by atoms with E-state index in [1.54, 1.807) is 35.5 Å². The van der Waals surface area contributed by atoms with E-state index in [1.165, 1.54) is 12.7 Å². The molecule has 0 spiro atoms. The average molecular weight is 453 g/mol. The Labute approximate surface area is 192 Å². The van der Waals surface area contributed by atoms with E-state index in [2.05, 4.69) is 5.32 Å². The molecule has 1 fully saturated rings. The first-order valence-corrected chi connectivity index (χ1v) is 11.8. The molecule has 32 heavy (non-hydrogen) atoms. The first-order valence-electron chi connectivity index (χ1n) is 11.0. The quantitative estimate of drug-likeness (QED) is 0.511. The zero-order valence-electron chi connectivity index (χ0n) is 18.2. The van der Waals surface area contributed by atoms with Crippen LogP contribution in [0.3, 0.4) is 0 Å². The van der Waals surface area contributed by atoms with Crippen LogP contribution in [0.4, 0.5) is 0 Å². The van der Waals surface area contributed by atoms with E-state index >= 15 is 0 Å². The van der Waals surface area contributed by atoms with E-state index in [0.29, 0.717) is 17.9 Å². The highest BCUT2D eigenvalue weighted by atomic mass is 32.1. The van der Waals surface area contributed by atoms with Crippen LogP contribution < -0.4 is 10.1 Å². The molecule has 7 heteroatoms. The molecule has 1 aromatic carbocycles. The van der Waals surface area contributed by atoms with E-state index in [4.69, 9.17) is 9.15 Å². The monoisotopic (exact) mass is 452 g/mol. The van der Waals surface area contributed by atoms with Crippen molar-refractivity contribution in [1.82, 2.24) is 10.2 Å². The molecule has 1 atom stereocenters. The van der Waals surface area contributed by atoms with Crippen molar-refractivity contribution in [3.63, 3.8) is 0 Å². The lowest BCUT2D eigenvalue weighted by atomic mass is 9.94. The van der Waals surface area contributed by atoms with Crippen LogP contribution in [0.25, 0.3) is 0 Å². The van der Waals surface area contributed by atoms with Gasteiger partial charge in [-0.2, -0.15) is 0 Å². The van der Waals surface area contributed by atoms with E-state index < -0.39 is 6.04 Å². The van der Waals surface area contributed by atoms with Gasteiger partial charge in [-0.3, -0.25) is 9.59 Å². The van der Waals surface area contributed by atoms with Crippen LogP contribution in [-0.2, 0) is 11.3 Å². The van der Waals surface area contributed by atoms with Crippen molar-refractivity contribution in [3.8, 4) is 5.75 Å². The summed E-state index contributed by atoms with van der Waals surface area (Å²) in [6, 6.07) is 13.9. The molecule has 0 aliphatic heterocycles. The largest absolute Gasteiger partial charge is 0.497 e. The summed E-state index contributed by atoms with van der Waals surface area (Å²) in [7, 11) is 1.59. The fourth-order valence-corrected chi connectivity index (χ4v) is 4.91. The second-order valence-electron chi connectivity index (χ2n) is 8.01. The Kier molecular flexibility index (Phi) is 7.27. The van der Waals surface area contributed by atoms with Gasteiger partial charge in [0.2, 0.25) is 5.91 Å². The van der Waals surface area contributed by atoms with Gasteiger partial charge in [0.25, 0.3) is 5.91 Å². The number of nitrogens with one attached hydrogen (secondary N) is 1. The Morgan fingerprint density at radius 1 is 1.16 bits per heavy atom. The fraction of sp³-hybridized carbons (Fsp3) is 0.360. The van der Waals surface area contributed by atoms with Gasteiger partial charge >= 0.3 is 0 Å². The molecule has 2 amide bonds. The number of carbonyl (C=O) groups is 2. The summed E-state index contributed by atoms with van der Waals surface area (Å²) in [5.41, 5.74) is 0.703. The second-order valence-corrected chi connectivity index (χ2v) is 9.04. The SMILES string of the molecule is COc1cccc([C@@H](C(=O)NC2CCCCC2)N(Cc2cccs2)C(=O)c2ccco2)c1. The first kappa shape index (κ1) is 22.1. The van der Waals surface area contributed by atoms with Gasteiger partial charge in [-0.15, -0.1) is 11.3 Å². The predicted molar refractivity (Wildman–Crippen MR) is 124 cm³/mol. The second kappa shape index (κ2) is 10.5. The van der Waals surface area contributed by atoms with Crippen molar-refractivity contribution in [2.24, 2.45) is 0 Å². The van der Waals surface area contributed by atoms with Gasteiger partial charge in [-0.1, -0.05) is 37.5 Å². The maximum Gasteiger partial charge on any atom is 0.290 e. The van der Waals surface area contributed by atoms with Crippen LogP contribution in [-0.4, -0.2) is 29.9 Å². The molecule has 4 rings (SSSR count). The molecule has 0 unspecified atom stereocenters. The topological polar surface area (TPSA) is 71.8 Å². The van der Waals surface area contributed by atoms with Gasteiger partial charge in [0, 0.05) is 10.9 Å². The molecular formula is C25H28N2O4S. The highest BCUT2D eigenvalue weighted by Crippen LogP contribution is 2.30. The average Bonchev–Trinajstić information content (AvgIpc) is 3.54. The minimum Gasteiger partial charge on any atom is -0.497 e. The Morgan fingerprint density at radius 3 is 2.69 bits per heavy atom. The lowest BCUT2D eigenvalue weighted by molar-refractivity contribution is -0.127. The molecule has 1 saturated carbocycles. The molecule has 6 nitrogen and oxygen atoms in total. The van der Waals surface area contributed by atoms with Gasteiger partial charge in [0.15, 0.2) is 5.76 Å². The summed E-state index contributed by atoms with van der Waals surface area (Å²) < 4.78 is 10.8. The molecule has 0 saturated heterocycles. The number of hydrogen-bond donors (Lipinski definition) is 1. The molecule has 3 aromatic rings. The third-order valence-corrected chi connectivity index (χ3v) is 6.68. The fourth-order valence-electron chi connectivity index (χ4n) is 4.20. The van der Waals surface area contributed by atoms with Gasteiger partial charge in [-0.25, -0.2) is 0 Å².